The van der Waals surface area contributed by atoms with Gasteiger partial charge in [0.15, 0.2) is 12.4 Å². The van der Waals surface area contributed by atoms with Gasteiger partial charge in [-0.3, -0.25) is 0 Å². The quantitative estimate of drug-likeness (QED) is 0.536. The third-order valence-electron chi connectivity index (χ3n) is 4.20. The lowest BCUT2D eigenvalue weighted by molar-refractivity contribution is -0.239. The van der Waals surface area contributed by atoms with E-state index < -0.39 is 12.4 Å². The summed E-state index contributed by atoms with van der Waals surface area (Å²) in [5.74, 6) is -0.527. The fraction of sp³-hybridized carbons (Fsp3) is 0.476. The Kier molecular flexibility index (Phi) is 7.89. The molecule has 1 aliphatic rings. The summed E-state index contributed by atoms with van der Waals surface area (Å²) >= 11 is 0. The van der Waals surface area contributed by atoms with E-state index in [-0.39, 0.29) is 11.9 Å². The number of ether oxygens (including phenoxy) is 3. The maximum absolute atomic E-state index is 12.3. The van der Waals surface area contributed by atoms with Gasteiger partial charge in [-0.2, -0.15) is 0 Å². The minimum atomic E-state index is -0.673. The zero-order valence-electron chi connectivity index (χ0n) is 15.3. The molecular weight excluding hydrogens is 316 g/mol. The van der Waals surface area contributed by atoms with Crippen LogP contribution in [0.3, 0.4) is 0 Å². The fourth-order valence-electron chi connectivity index (χ4n) is 2.90. The van der Waals surface area contributed by atoms with Crippen LogP contribution in [0.15, 0.2) is 54.1 Å². The Morgan fingerprint density at radius 3 is 2.68 bits per heavy atom. The van der Waals surface area contributed by atoms with E-state index in [0.29, 0.717) is 6.61 Å². The van der Waals surface area contributed by atoms with Crippen LogP contribution < -0.4 is 0 Å². The topological polar surface area (TPSA) is 44.8 Å². The Morgan fingerprint density at radius 2 is 2.04 bits per heavy atom. The highest BCUT2D eigenvalue weighted by molar-refractivity contribution is 5.76. The van der Waals surface area contributed by atoms with Crippen LogP contribution in [0.1, 0.15) is 45.0 Å². The van der Waals surface area contributed by atoms with Crippen LogP contribution in [-0.4, -0.2) is 25.8 Å². The van der Waals surface area contributed by atoms with Crippen molar-refractivity contribution in [3.8, 4) is 0 Å². The molecule has 3 unspecified atom stereocenters. The molecule has 1 saturated heterocycles. The molecule has 1 aliphatic heterocycles. The van der Waals surface area contributed by atoms with Crippen LogP contribution in [0.25, 0.3) is 0 Å². The van der Waals surface area contributed by atoms with E-state index in [2.05, 4.69) is 32.1 Å². The largest absolute Gasteiger partial charge is 0.467 e. The molecule has 0 N–H and O–H groups in total. The molecule has 1 aromatic rings. The van der Waals surface area contributed by atoms with Crippen molar-refractivity contribution >= 4 is 5.97 Å². The number of carbonyl (C=O) groups is 1. The maximum Gasteiger partial charge on any atom is 0.335 e. The number of carbonyl (C=O) groups excluding carboxylic acids is 1. The number of hydrogen-bond donors (Lipinski definition) is 0. The fourth-order valence-corrected chi connectivity index (χ4v) is 2.90. The minimum absolute atomic E-state index is 0.166. The average molecular weight is 344 g/mol. The SMILES string of the molecule is CC/C=C(\C=C/CCC)C1COC(c2ccccc2)OC1C(=O)OC. The van der Waals surface area contributed by atoms with Gasteiger partial charge in [-0.15, -0.1) is 0 Å². The second-order valence-electron chi connectivity index (χ2n) is 6.07. The summed E-state index contributed by atoms with van der Waals surface area (Å²) in [7, 11) is 1.39. The first kappa shape index (κ1) is 19.4. The van der Waals surface area contributed by atoms with Gasteiger partial charge >= 0.3 is 5.97 Å². The molecular formula is C21H28O4. The molecule has 0 aliphatic carbocycles. The third-order valence-corrected chi connectivity index (χ3v) is 4.20. The highest BCUT2D eigenvalue weighted by Crippen LogP contribution is 2.34. The van der Waals surface area contributed by atoms with Crippen LogP contribution in [0.2, 0.25) is 0 Å². The number of esters is 1. The lowest BCUT2D eigenvalue weighted by Crippen LogP contribution is -2.42. The Labute approximate surface area is 150 Å². The lowest BCUT2D eigenvalue weighted by Gasteiger charge is -2.36. The van der Waals surface area contributed by atoms with E-state index >= 15 is 0 Å². The van der Waals surface area contributed by atoms with Gasteiger partial charge in [0.1, 0.15) is 0 Å². The summed E-state index contributed by atoms with van der Waals surface area (Å²) in [6, 6.07) is 9.66. The molecule has 0 radical (unpaired) electrons. The van der Waals surface area contributed by atoms with Crippen molar-refractivity contribution in [2.45, 2.75) is 45.5 Å². The molecule has 4 heteroatoms. The predicted molar refractivity (Wildman–Crippen MR) is 97.9 cm³/mol. The summed E-state index contributed by atoms with van der Waals surface area (Å²) in [5, 5.41) is 0. The summed E-state index contributed by atoms with van der Waals surface area (Å²) in [6.07, 6.45) is 8.11. The molecule has 0 aromatic heterocycles. The van der Waals surface area contributed by atoms with Gasteiger partial charge in [-0.25, -0.2) is 4.79 Å². The minimum Gasteiger partial charge on any atom is -0.467 e. The zero-order chi connectivity index (χ0) is 18.1. The summed E-state index contributed by atoms with van der Waals surface area (Å²) in [5.41, 5.74) is 1.97. The normalized spacial score (nSPS) is 24.4. The van der Waals surface area contributed by atoms with Crippen molar-refractivity contribution in [1.82, 2.24) is 0 Å². The predicted octanol–water partition coefficient (Wildman–Crippen LogP) is 4.58. The molecule has 3 atom stereocenters. The van der Waals surface area contributed by atoms with Crippen molar-refractivity contribution in [2.75, 3.05) is 13.7 Å². The first-order valence-electron chi connectivity index (χ1n) is 8.97. The molecule has 1 aromatic carbocycles. The zero-order valence-corrected chi connectivity index (χ0v) is 15.3. The molecule has 1 heterocycles. The summed E-state index contributed by atoms with van der Waals surface area (Å²) < 4.78 is 16.9. The maximum atomic E-state index is 12.3. The van der Waals surface area contributed by atoms with Crippen molar-refractivity contribution in [3.63, 3.8) is 0 Å². The summed E-state index contributed by atoms with van der Waals surface area (Å²) in [6.45, 7) is 4.64. The van der Waals surface area contributed by atoms with Crippen LogP contribution in [0, 0.1) is 5.92 Å². The van der Waals surface area contributed by atoms with Crippen molar-refractivity contribution in [2.24, 2.45) is 5.92 Å². The highest BCUT2D eigenvalue weighted by atomic mass is 16.7. The molecule has 1 fully saturated rings. The van der Waals surface area contributed by atoms with Gasteiger partial charge in [-0.05, 0) is 18.4 Å². The molecule has 4 nitrogen and oxygen atoms in total. The molecule has 0 bridgehead atoms. The van der Waals surface area contributed by atoms with Crippen LogP contribution in [-0.2, 0) is 19.0 Å². The van der Waals surface area contributed by atoms with Gasteiger partial charge in [0.25, 0.3) is 0 Å². The van der Waals surface area contributed by atoms with Gasteiger partial charge < -0.3 is 14.2 Å². The number of hydrogen-bond acceptors (Lipinski definition) is 4. The number of unbranched alkanes of at least 4 members (excludes halogenated alkanes) is 1. The van der Waals surface area contributed by atoms with E-state index in [0.717, 1.165) is 30.4 Å². The van der Waals surface area contributed by atoms with Crippen LogP contribution in [0.5, 0.6) is 0 Å². The van der Waals surface area contributed by atoms with Crippen molar-refractivity contribution in [3.05, 3.63) is 59.7 Å². The Bertz CT molecular complexity index is 591. The molecule has 25 heavy (non-hydrogen) atoms. The van der Waals surface area contributed by atoms with Crippen molar-refractivity contribution in [1.29, 1.82) is 0 Å². The van der Waals surface area contributed by atoms with Gasteiger partial charge in [0.05, 0.1) is 13.7 Å². The Hall–Kier alpha value is -1.91. The number of allylic oxidation sites excluding steroid dienone is 3. The first-order valence-corrected chi connectivity index (χ1v) is 8.97. The molecule has 136 valence electrons. The Balaban J connectivity index is 2.22. The van der Waals surface area contributed by atoms with E-state index in [4.69, 9.17) is 14.2 Å². The van der Waals surface area contributed by atoms with E-state index in [1.54, 1.807) is 0 Å². The van der Waals surface area contributed by atoms with Gasteiger partial charge in [0.2, 0.25) is 0 Å². The van der Waals surface area contributed by atoms with E-state index in [9.17, 15) is 4.79 Å². The van der Waals surface area contributed by atoms with E-state index in [1.807, 2.05) is 30.3 Å². The number of benzene rings is 1. The second kappa shape index (κ2) is 10.2. The smallest absolute Gasteiger partial charge is 0.335 e. The lowest BCUT2D eigenvalue weighted by atomic mass is 9.91. The monoisotopic (exact) mass is 344 g/mol. The van der Waals surface area contributed by atoms with Gasteiger partial charge in [0, 0.05) is 11.5 Å². The van der Waals surface area contributed by atoms with Crippen LogP contribution >= 0.6 is 0 Å². The van der Waals surface area contributed by atoms with Crippen LogP contribution in [0.4, 0.5) is 0 Å². The molecule has 0 amide bonds. The van der Waals surface area contributed by atoms with Crippen molar-refractivity contribution < 1.29 is 19.0 Å². The average Bonchev–Trinajstić information content (AvgIpc) is 2.67. The van der Waals surface area contributed by atoms with E-state index in [1.165, 1.54) is 7.11 Å². The summed E-state index contributed by atoms with van der Waals surface area (Å²) in [4.78, 5) is 12.3. The first-order chi connectivity index (χ1) is 12.2. The highest BCUT2D eigenvalue weighted by Gasteiger charge is 2.39. The second-order valence-corrected chi connectivity index (χ2v) is 6.07. The number of methoxy groups -OCH3 is 1. The molecule has 2 rings (SSSR count). The standard InChI is InChI=1S/C21H28O4/c1-4-6-8-12-16(11-5-2)18-15-24-21(17-13-9-7-10-14-17)25-19(18)20(22)23-3/h7-14,18-19,21H,4-6,15H2,1-3H3/b12-8-,16-11+. The molecule has 0 spiro atoms. The molecule has 0 saturated carbocycles. The third kappa shape index (κ3) is 5.28. The van der Waals surface area contributed by atoms with Gasteiger partial charge in [-0.1, -0.05) is 68.8 Å². The number of rotatable bonds is 7. The Morgan fingerprint density at radius 1 is 1.28 bits per heavy atom.